The van der Waals surface area contributed by atoms with Crippen LogP contribution in [0.2, 0.25) is 0 Å². The summed E-state index contributed by atoms with van der Waals surface area (Å²) in [5.74, 6) is 6.28. The fourth-order valence-corrected chi connectivity index (χ4v) is 8.69. The highest BCUT2D eigenvalue weighted by atomic mass is 32.2. The molecular weight excluding hydrogens is 398 g/mol. The van der Waals surface area contributed by atoms with Crippen molar-refractivity contribution >= 4 is 41.3 Å². The van der Waals surface area contributed by atoms with E-state index in [1.165, 1.54) is 20.2 Å². The Morgan fingerprint density at radius 1 is 1.03 bits per heavy atom. The van der Waals surface area contributed by atoms with Crippen molar-refractivity contribution in [2.24, 2.45) is 0 Å². The molecule has 0 radical (unpaired) electrons. The molecule has 1 aliphatic carbocycles. The number of fused-ring (bicyclic) bond motifs is 3. The molecule has 2 aromatic carbocycles. The van der Waals surface area contributed by atoms with E-state index in [-0.39, 0.29) is 5.75 Å². The maximum atomic E-state index is 13.3. The first-order valence-corrected chi connectivity index (χ1v) is 12.7. The molecule has 1 N–H and O–H groups in total. The Kier molecular flexibility index (Phi) is 4.33. The van der Waals surface area contributed by atoms with Crippen molar-refractivity contribution in [3.63, 3.8) is 0 Å². The number of benzene rings is 2. The van der Waals surface area contributed by atoms with Gasteiger partial charge in [0.25, 0.3) is 0 Å². The molecule has 1 spiro atoms. The lowest BCUT2D eigenvalue weighted by Gasteiger charge is -2.44. The number of rotatable bonds is 1. The van der Waals surface area contributed by atoms with E-state index in [0.717, 1.165) is 36.8 Å². The van der Waals surface area contributed by atoms with Crippen LogP contribution < -0.4 is 5.32 Å². The van der Waals surface area contributed by atoms with Crippen molar-refractivity contribution < 1.29 is 8.42 Å². The summed E-state index contributed by atoms with van der Waals surface area (Å²) in [4.78, 5) is 0. The Morgan fingerprint density at radius 3 is 2.41 bits per heavy atom. The number of hydrogen-bond donors (Lipinski definition) is 1. The average Bonchev–Trinajstić information content (AvgIpc) is 3.31. The molecule has 1 aliphatic heterocycles. The largest absolute Gasteiger partial charge is 0.305 e. The second-order valence-corrected chi connectivity index (χ2v) is 12.2. The normalized spacial score (nSPS) is 25.3. The van der Waals surface area contributed by atoms with E-state index < -0.39 is 20.1 Å². The molecule has 1 saturated carbocycles. The first kappa shape index (κ1) is 19.1. The predicted molar refractivity (Wildman–Crippen MR) is 122 cm³/mol. The van der Waals surface area contributed by atoms with Crippen molar-refractivity contribution in [1.82, 2.24) is 5.32 Å². The van der Waals surface area contributed by atoms with Gasteiger partial charge in [0.15, 0.2) is 9.84 Å². The number of thiophene rings is 1. The molecule has 5 rings (SSSR count). The van der Waals surface area contributed by atoms with Gasteiger partial charge in [0.05, 0.1) is 16.0 Å². The smallest absolute Gasteiger partial charge is 0.159 e. The van der Waals surface area contributed by atoms with Crippen LogP contribution in [0.25, 0.3) is 20.2 Å². The summed E-state index contributed by atoms with van der Waals surface area (Å²) in [6, 6.07) is 12.8. The van der Waals surface area contributed by atoms with Crippen LogP contribution in [0.15, 0.2) is 36.4 Å². The van der Waals surface area contributed by atoms with Gasteiger partial charge in [0, 0.05) is 32.3 Å². The fraction of sp³-hybridized carbons (Fsp3) is 0.417. The van der Waals surface area contributed by atoms with Gasteiger partial charge in [-0.05, 0) is 62.6 Å². The third-order valence-corrected chi connectivity index (χ3v) is 10.8. The van der Waals surface area contributed by atoms with Gasteiger partial charge in [0.1, 0.15) is 0 Å². The predicted octanol–water partition coefficient (Wildman–Crippen LogP) is 4.97. The fourth-order valence-electron chi connectivity index (χ4n) is 5.09. The molecule has 0 amide bonds. The van der Waals surface area contributed by atoms with Gasteiger partial charge < -0.3 is 5.32 Å². The minimum Gasteiger partial charge on any atom is -0.305 e. The Morgan fingerprint density at radius 2 is 1.72 bits per heavy atom. The molecule has 0 bridgehead atoms. The molecule has 150 valence electrons. The lowest BCUT2D eigenvalue weighted by molar-refractivity contribution is 0.333. The van der Waals surface area contributed by atoms with Crippen LogP contribution in [0.5, 0.6) is 0 Å². The summed E-state index contributed by atoms with van der Waals surface area (Å²) in [5.41, 5.74) is 1.50. The lowest BCUT2D eigenvalue weighted by Crippen LogP contribution is -2.61. The standard InChI is InChI=1S/C24H25NO2S2/c1-3-6-17-7-9-21-19(13-17)20-14-18(8-10-22(20)28-21)23(2)16-29(26,27)24(15-25-23)11-4-5-12-24/h7-10,13-14,25H,4-5,11-12,15-16H2,1-2H3. The van der Waals surface area contributed by atoms with Crippen LogP contribution in [0.3, 0.4) is 0 Å². The molecule has 1 atom stereocenters. The molecule has 1 saturated heterocycles. The van der Waals surface area contributed by atoms with Crippen molar-refractivity contribution in [3.8, 4) is 11.8 Å². The summed E-state index contributed by atoms with van der Waals surface area (Å²) in [5, 5.41) is 6.02. The van der Waals surface area contributed by atoms with Crippen molar-refractivity contribution in [2.45, 2.75) is 49.8 Å². The van der Waals surface area contributed by atoms with E-state index >= 15 is 0 Å². The van der Waals surface area contributed by atoms with Gasteiger partial charge in [-0.15, -0.1) is 17.3 Å². The lowest BCUT2D eigenvalue weighted by atomic mass is 9.91. The molecule has 2 fully saturated rings. The first-order valence-electron chi connectivity index (χ1n) is 10.2. The van der Waals surface area contributed by atoms with E-state index in [9.17, 15) is 8.42 Å². The van der Waals surface area contributed by atoms with Crippen LogP contribution >= 0.6 is 11.3 Å². The molecule has 2 aliphatic rings. The molecular formula is C24H25NO2S2. The highest BCUT2D eigenvalue weighted by Crippen LogP contribution is 2.44. The number of nitrogens with one attached hydrogen (secondary N) is 1. The van der Waals surface area contributed by atoms with Crippen molar-refractivity contribution in [1.29, 1.82) is 0 Å². The minimum atomic E-state index is -3.15. The van der Waals surface area contributed by atoms with Gasteiger partial charge >= 0.3 is 0 Å². The maximum absolute atomic E-state index is 13.3. The van der Waals surface area contributed by atoms with Gasteiger partial charge in [-0.2, -0.15) is 0 Å². The molecule has 5 heteroatoms. The average molecular weight is 424 g/mol. The van der Waals surface area contributed by atoms with Gasteiger partial charge in [-0.3, -0.25) is 0 Å². The first-order chi connectivity index (χ1) is 13.9. The van der Waals surface area contributed by atoms with Gasteiger partial charge in [-0.1, -0.05) is 24.8 Å². The van der Waals surface area contributed by atoms with Crippen LogP contribution in [-0.2, 0) is 15.4 Å². The Bertz CT molecular complexity index is 1290. The summed E-state index contributed by atoms with van der Waals surface area (Å²) >= 11 is 1.77. The van der Waals surface area contributed by atoms with Gasteiger partial charge in [-0.25, -0.2) is 8.42 Å². The second-order valence-electron chi connectivity index (χ2n) is 8.73. The topological polar surface area (TPSA) is 46.2 Å². The third kappa shape index (κ3) is 2.92. The molecule has 29 heavy (non-hydrogen) atoms. The van der Waals surface area contributed by atoms with Crippen molar-refractivity contribution in [2.75, 3.05) is 12.3 Å². The quantitative estimate of drug-likeness (QED) is 0.562. The van der Waals surface area contributed by atoms with E-state index in [1.54, 1.807) is 11.3 Å². The molecule has 1 unspecified atom stereocenters. The summed E-state index contributed by atoms with van der Waals surface area (Å²) in [6.07, 6.45) is 3.64. The van der Waals surface area contributed by atoms with E-state index in [4.69, 9.17) is 0 Å². The maximum Gasteiger partial charge on any atom is 0.159 e. The Hall–Kier alpha value is -1.87. The number of sulfone groups is 1. The highest BCUT2D eigenvalue weighted by molar-refractivity contribution is 7.93. The van der Waals surface area contributed by atoms with E-state index in [0.29, 0.717) is 6.54 Å². The van der Waals surface area contributed by atoms with Crippen LogP contribution in [0.4, 0.5) is 0 Å². The number of hydrogen-bond acceptors (Lipinski definition) is 4. The van der Waals surface area contributed by atoms with Crippen molar-refractivity contribution in [3.05, 3.63) is 47.5 Å². The molecule has 3 nitrogen and oxygen atoms in total. The third-order valence-electron chi connectivity index (χ3n) is 6.83. The Balaban J connectivity index is 1.60. The summed E-state index contributed by atoms with van der Waals surface area (Å²) in [6.45, 7) is 4.45. The minimum absolute atomic E-state index is 0.167. The molecule has 2 heterocycles. The highest BCUT2D eigenvalue weighted by Gasteiger charge is 2.53. The van der Waals surface area contributed by atoms with Gasteiger partial charge in [0.2, 0.25) is 0 Å². The summed E-state index contributed by atoms with van der Waals surface area (Å²) in [7, 11) is -3.15. The SMILES string of the molecule is CC#Cc1ccc2sc3ccc(C4(C)CS(=O)(=O)C5(CCCC5)CN4)cc3c2c1. The Labute approximate surface area is 176 Å². The zero-order chi connectivity index (χ0) is 20.3. The zero-order valence-corrected chi connectivity index (χ0v) is 18.5. The summed E-state index contributed by atoms with van der Waals surface area (Å²) < 4.78 is 28.5. The van der Waals surface area contributed by atoms with Crippen LogP contribution in [0, 0.1) is 11.8 Å². The van der Waals surface area contributed by atoms with E-state index in [1.807, 2.05) is 13.8 Å². The van der Waals surface area contributed by atoms with E-state index in [2.05, 4.69) is 53.6 Å². The van der Waals surface area contributed by atoms with Crippen LogP contribution in [0.1, 0.15) is 50.7 Å². The zero-order valence-electron chi connectivity index (χ0n) is 16.8. The molecule has 3 aromatic rings. The molecule has 1 aromatic heterocycles. The van der Waals surface area contributed by atoms with Crippen LogP contribution in [-0.4, -0.2) is 25.5 Å². The monoisotopic (exact) mass is 423 g/mol. The second kappa shape index (κ2) is 6.57.